The van der Waals surface area contributed by atoms with Crippen molar-refractivity contribution in [1.82, 2.24) is 15.2 Å². The molecule has 5 nitrogen and oxygen atoms in total. The number of aromatic amines is 1. The van der Waals surface area contributed by atoms with Gasteiger partial charge in [0.15, 0.2) is 0 Å². The van der Waals surface area contributed by atoms with Gasteiger partial charge in [0.2, 0.25) is 0 Å². The molecule has 1 amide bonds. The van der Waals surface area contributed by atoms with Gasteiger partial charge in [0.05, 0.1) is 5.56 Å². The molecule has 0 radical (unpaired) electrons. The molecule has 0 aliphatic carbocycles. The Balaban J connectivity index is 1.73. The summed E-state index contributed by atoms with van der Waals surface area (Å²) in [5, 5.41) is 3.67. The summed E-state index contributed by atoms with van der Waals surface area (Å²) < 4.78 is 0. The van der Waals surface area contributed by atoms with Crippen LogP contribution >= 0.6 is 0 Å². The predicted molar refractivity (Wildman–Crippen MR) is 117 cm³/mol. The number of fused-ring (bicyclic) bond motifs is 1. The minimum Gasteiger partial charge on any atom is -0.358 e. The average Bonchev–Trinajstić information content (AvgIpc) is 3.08. The lowest BCUT2D eigenvalue weighted by Gasteiger charge is -2.30. The van der Waals surface area contributed by atoms with Crippen molar-refractivity contribution in [2.75, 3.05) is 19.6 Å². The number of nitrogens with zero attached hydrogens (tertiary/aromatic N) is 1. The number of benzene rings is 2. The van der Waals surface area contributed by atoms with Gasteiger partial charge < -0.3 is 10.3 Å². The summed E-state index contributed by atoms with van der Waals surface area (Å²) in [6.45, 7) is 8.27. The van der Waals surface area contributed by atoms with Crippen molar-refractivity contribution in [2.24, 2.45) is 0 Å². The summed E-state index contributed by atoms with van der Waals surface area (Å²) in [4.78, 5) is 31.1. The van der Waals surface area contributed by atoms with Crippen LogP contribution in [0, 0.1) is 6.92 Å². The Morgan fingerprint density at radius 2 is 1.66 bits per heavy atom. The first-order chi connectivity index (χ1) is 14.0. The molecule has 1 unspecified atom stereocenters. The number of nitrogens with one attached hydrogen (secondary N) is 2. The van der Waals surface area contributed by atoms with E-state index in [1.54, 1.807) is 0 Å². The number of likely N-dealkylation sites (N-methyl/N-ethyl adjacent to an activating group) is 1. The lowest BCUT2D eigenvalue weighted by atomic mass is 10.0. The molecule has 0 saturated heterocycles. The number of Topliss-reactive ketones (excluding diaryl/α,β-unsaturated/α-hetero) is 1. The fraction of sp³-hybridized carbons (Fsp3) is 0.333. The zero-order valence-corrected chi connectivity index (χ0v) is 17.4. The number of ketones is 1. The number of hydrogen-bond acceptors (Lipinski definition) is 3. The van der Waals surface area contributed by atoms with Crippen LogP contribution in [0.2, 0.25) is 0 Å². The number of carbonyl (C=O) groups excluding carboxylic acids is 2. The normalized spacial score (nSPS) is 12.3. The highest BCUT2D eigenvalue weighted by Gasteiger charge is 2.24. The third-order valence-corrected chi connectivity index (χ3v) is 5.47. The average molecular weight is 392 g/mol. The molecular weight excluding hydrogens is 362 g/mol. The van der Waals surface area contributed by atoms with E-state index in [1.807, 2.05) is 49.4 Å². The van der Waals surface area contributed by atoms with Crippen molar-refractivity contribution >= 4 is 22.6 Å². The van der Waals surface area contributed by atoms with Gasteiger partial charge in [-0.15, -0.1) is 0 Å². The van der Waals surface area contributed by atoms with E-state index in [0.29, 0.717) is 12.1 Å². The molecule has 2 N–H and O–H groups in total. The highest BCUT2D eigenvalue weighted by molar-refractivity contribution is 6.45. The molecule has 0 aliphatic rings. The van der Waals surface area contributed by atoms with Gasteiger partial charge in [-0.25, -0.2) is 0 Å². The van der Waals surface area contributed by atoms with Crippen LogP contribution < -0.4 is 5.32 Å². The molecule has 3 rings (SSSR count). The van der Waals surface area contributed by atoms with Gasteiger partial charge in [0.1, 0.15) is 0 Å². The molecule has 1 heterocycles. The Hall–Kier alpha value is -2.92. The first-order valence-corrected chi connectivity index (χ1v) is 10.2. The smallest absolute Gasteiger partial charge is 0.292 e. The fourth-order valence-corrected chi connectivity index (χ4v) is 3.93. The molecule has 0 aliphatic heterocycles. The highest BCUT2D eigenvalue weighted by atomic mass is 16.2. The van der Waals surface area contributed by atoms with Crippen molar-refractivity contribution in [1.29, 1.82) is 0 Å². The second-order valence-electron chi connectivity index (χ2n) is 7.27. The van der Waals surface area contributed by atoms with Gasteiger partial charge in [0.25, 0.3) is 11.7 Å². The molecule has 1 aromatic heterocycles. The number of carbonyl (C=O) groups is 2. The van der Waals surface area contributed by atoms with Crippen molar-refractivity contribution in [3.8, 4) is 0 Å². The minimum absolute atomic E-state index is 0.133. The Bertz CT molecular complexity index is 974. The zero-order chi connectivity index (χ0) is 20.8. The van der Waals surface area contributed by atoms with Crippen molar-refractivity contribution in [3.05, 3.63) is 71.4 Å². The van der Waals surface area contributed by atoms with Crippen molar-refractivity contribution < 1.29 is 9.59 Å². The number of aromatic nitrogens is 1. The number of para-hydroxylation sites is 1. The van der Waals surface area contributed by atoms with Crippen LogP contribution in [-0.4, -0.2) is 47.3 Å². The summed E-state index contributed by atoms with van der Waals surface area (Å²) in [5.41, 5.74) is 3.26. The maximum atomic E-state index is 12.9. The standard InChI is InChI=1S/C24H29N3O2/c1-4-27(5-2)19(15-18-11-7-6-8-12-18)16-25-24(29)23(28)22-17(3)26-21-14-10-9-13-20(21)22/h6-14,19,26H,4-5,15-16H2,1-3H3,(H,25,29). The van der Waals surface area contributed by atoms with E-state index in [2.05, 4.69) is 41.2 Å². The van der Waals surface area contributed by atoms with Gasteiger partial charge in [-0.2, -0.15) is 0 Å². The lowest BCUT2D eigenvalue weighted by molar-refractivity contribution is -0.117. The summed E-state index contributed by atoms with van der Waals surface area (Å²) >= 11 is 0. The van der Waals surface area contributed by atoms with E-state index in [4.69, 9.17) is 0 Å². The quantitative estimate of drug-likeness (QED) is 0.431. The summed E-state index contributed by atoms with van der Waals surface area (Å²) in [6, 6.07) is 17.9. The highest BCUT2D eigenvalue weighted by Crippen LogP contribution is 2.22. The Labute approximate surface area is 172 Å². The maximum Gasteiger partial charge on any atom is 0.292 e. The van der Waals surface area contributed by atoms with Crippen LogP contribution in [0.4, 0.5) is 0 Å². The molecule has 2 aromatic carbocycles. The lowest BCUT2D eigenvalue weighted by Crippen LogP contribution is -2.46. The van der Waals surface area contributed by atoms with Gasteiger partial charge in [-0.1, -0.05) is 62.4 Å². The predicted octanol–water partition coefficient (Wildman–Crippen LogP) is 3.73. The monoisotopic (exact) mass is 391 g/mol. The molecule has 1 atom stereocenters. The van der Waals surface area contributed by atoms with Crippen LogP contribution in [0.25, 0.3) is 10.9 Å². The molecular formula is C24H29N3O2. The molecule has 3 aromatic rings. The number of H-pyrrole nitrogens is 1. The van der Waals surface area contributed by atoms with E-state index >= 15 is 0 Å². The first-order valence-electron chi connectivity index (χ1n) is 10.2. The number of amides is 1. The number of aryl methyl sites for hydroxylation is 1. The van der Waals surface area contributed by atoms with Crippen molar-refractivity contribution in [3.63, 3.8) is 0 Å². The van der Waals surface area contributed by atoms with Crippen LogP contribution in [0.5, 0.6) is 0 Å². The zero-order valence-electron chi connectivity index (χ0n) is 17.4. The maximum absolute atomic E-state index is 12.9. The Kier molecular flexibility index (Phi) is 6.83. The van der Waals surface area contributed by atoms with Gasteiger partial charge >= 0.3 is 0 Å². The third-order valence-electron chi connectivity index (χ3n) is 5.47. The summed E-state index contributed by atoms with van der Waals surface area (Å²) in [7, 11) is 0. The van der Waals surface area contributed by atoms with E-state index in [-0.39, 0.29) is 6.04 Å². The van der Waals surface area contributed by atoms with E-state index in [0.717, 1.165) is 36.1 Å². The van der Waals surface area contributed by atoms with Crippen molar-refractivity contribution in [2.45, 2.75) is 33.2 Å². The largest absolute Gasteiger partial charge is 0.358 e. The molecule has 0 fully saturated rings. The Morgan fingerprint density at radius 1 is 1.00 bits per heavy atom. The van der Waals surface area contributed by atoms with Crippen LogP contribution in [0.3, 0.4) is 0 Å². The van der Waals surface area contributed by atoms with E-state index < -0.39 is 11.7 Å². The van der Waals surface area contributed by atoms with Gasteiger partial charge in [-0.05, 0) is 38.1 Å². The first kappa shape index (κ1) is 20.8. The number of hydrogen-bond donors (Lipinski definition) is 2. The molecule has 29 heavy (non-hydrogen) atoms. The topological polar surface area (TPSA) is 65.2 Å². The van der Waals surface area contributed by atoms with E-state index in [1.165, 1.54) is 5.56 Å². The summed E-state index contributed by atoms with van der Waals surface area (Å²) in [6.07, 6.45) is 0.823. The van der Waals surface area contributed by atoms with Gasteiger partial charge in [0, 0.05) is 29.2 Å². The second kappa shape index (κ2) is 9.52. The molecule has 5 heteroatoms. The Morgan fingerprint density at radius 3 is 2.34 bits per heavy atom. The molecule has 152 valence electrons. The third kappa shape index (κ3) is 4.74. The summed E-state index contributed by atoms with van der Waals surface area (Å²) in [5.74, 6) is -1.04. The van der Waals surface area contributed by atoms with E-state index in [9.17, 15) is 9.59 Å². The van der Waals surface area contributed by atoms with Crippen LogP contribution in [0.1, 0.15) is 35.5 Å². The fourth-order valence-electron chi connectivity index (χ4n) is 3.93. The van der Waals surface area contributed by atoms with Crippen LogP contribution in [-0.2, 0) is 11.2 Å². The molecule has 0 saturated carbocycles. The SMILES string of the molecule is CCN(CC)C(CNC(=O)C(=O)c1c(C)[nH]c2ccccc12)Cc1ccccc1. The van der Waals surface area contributed by atoms with Gasteiger partial charge in [-0.3, -0.25) is 14.5 Å². The van der Waals surface area contributed by atoms with Crippen LogP contribution in [0.15, 0.2) is 54.6 Å². The second-order valence-corrected chi connectivity index (χ2v) is 7.27. The molecule has 0 spiro atoms. The number of rotatable bonds is 9. The molecule has 0 bridgehead atoms. The minimum atomic E-state index is -0.553.